The summed E-state index contributed by atoms with van der Waals surface area (Å²) >= 11 is 0. The zero-order valence-electron chi connectivity index (χ0n) is 14.6. The largest absolute Gasteiger partial charge is 0.265 e. The van der Waals surface area contributed by atoms with Crippen molar-refractivity contribution in [3.8, 4) is 0 Å². The van der Waals surface area contributed by atoms with E-state index in [0.29, 0.717) is 11.5 Å². The molecule has 0 spiro atoms. The first-order chi connectivity index (χ1) is 9.68. The van der Waals surface area contributed by atoms with Gasteiger partial charge in [-0.05, 0) is 51.7 Å². The third-order valence-electron chi connectivity index (χ3n) is 6.43. The van der Waals surface area contributed by atoms with Crippen LogP contribution in [-0.4, -0.2) is 29.5 Å². The SMILES string of the molecule is Cc1cc(C)c(N2C=[N+](C)[C@]3(C)CC[C@H]2C3(C)C)c(C)c1. The second kappa shape index (κ2) is 4.34. The van der Waals surface area contributed by atoms with Crippen molar-refractivity contribution in [1.82, 2.24) is 0 Å². The molecule has 3 rings (SSSR count). The van der Waals surface area contributed by atoms with E-state index < -0.39 is 0 Å². The summed E-state index contributed by atoms with van der Waals surface area (Å²) in [6.45, 7) is 14.0. The van der Waals surface area contributed by atoms with E-state index in [1.807, 2.05) is 0 Å². The maximum atomic E-state index is 2.55. The predicted molar refractivity (Wildman–Crippen MR) is 90.6 cm³/mol. The van der Waals surface area contributed by atoms with Gasteiger partial charge in [0, 0.05) is 5.41 Å². The summed E-state index contributed by atoms with van der Waals surface area (Å²) in [6, 6.07) is 5.22. The van der Waals surface area contributed by atoms with Gasteiger partial charge in [0.05, 0.1) is 7.05 Å². The molecule has 21 heavy (non-hydrogen) atoms. The lowest BCUT2D eigenvalue weighted by Gasteiger charge is -2.45. The van der Waals surface area contributed by atoms with E-state index in [0.717, 1.165) is 0 Å². The summed E-state index contributed by atoms with van der Waals surface area (Å²) < 4.78 is 2.45. The highest BCUT2D eigenvalue weighted by Gasteiger charge is 2.62. The van der Waals surface area contributed by atoms with E-state index in [-0.39, 0.29) is 5.54 Å². The van der Waals surface area contributed by atoms with Gasteiger partial charge in [0.15, 0.2) is 0 Å². The van der Waals surface area contributed by atoms with Crippen LogP contribution in [0.1, 0.15) is 50.3 Å². The highest BCUT2D eigenvalue weighted by Crippen LogP contribution is 2.52. The molecule has 1 heterocycles. The molecule has 114 valence electrons. The minimum Gasteiger partial charge on any atom is -0.265 e. The molecule has 0 amide bonds. The summed E-state index contributed by atoms with van der Waals surface area (Å²) in [6.07, 6.45) is 4.91. The Balaban J connectivity index is 2.18. The Morgan fingerprint density at radius 2 is 1.67 bits per heavy atom. The average Bonchev–Trinajstić information content (AvgIpc) is 2.49. The predicted octanol–water partition coefficient (Wildman–Crippen LogP) is 4.05. The number of hydrogen-bond donors (Lipinski definition) is 0. The molecule has 2 atom stereocenters. The molecule has 0 unspecified atom stereocenters. The van der Waals surface area contributed by atoms with Gasteiger partial charge in [-0.1, -0.05) is 31.5 Å². The van der Waals surface area contributed by atoms with Gasteiger partial charge in [-0.3, -0.25) is 4.58 Å². The van der Waals surface area contributed by atoms with Crippen molar-refractivity contribution in [1.29, 1.82) is 0 Å². The first kappa shape index (κ1) is 14.6. The number of rotatable bonds is 1. The molecule has 2 bridgehead atoms. The molecule has 1 saturated carbocycles. The number of benzene rings is 1. The molecule has 1 aromatic rings. The Morgan fingerprint density at radius 1 is 1.10 bits per heavy atom. The number of anilines is 1. The molecular weight excluding hydrogens is 256 g/mol. The zero-order chi connectivity index (χ0) is 15.6. The average molecular weight is 285 g/mol. The van der Waals surface area contributed by atoms with E-state index in [2.05, 4.69) is 76.5 Å². The van der Waals surface area contributed by atoms with Crippen LogP contribution in [0.2, 0.25) is 0 Å². The molecule has 0 radical (unpaired) electrons. The third-order valence-corrected chi connectivity index (χ3v) is 6.43. The molecule has 2 aliphatic rings. The minimum absolute atomic E-state index is 0.278. The maximum Gasteiger partial charge on any atom is 0.239 e. The Labute approximate surface area is 129 Å². The van der Waals surface area contributed by atoms with Gasteiger partial charge in [-0.2, -0.15) is 0 Å². The summed E-state index contributed by atoms with van der Waals surface area (Å²) in [5, 5.41) is 0. The molecule has 0 saturated heterocycles. The Morgan fingerprint density at radius 3 is 2.24 bits per heavy atom. The van der Waals surface area contributed by atoms with Crippen LogP contribution >= 0.6 is 0 Å². The number of fused-ring (bicyclic) bond motifs is 2. The molecular formula is C19H29N2+. The lowest BCUT2D eigenvalue weighted by Crippen LogP contribution is -2.60. The van der Waals surface area contributed by atoms with Gasteiger partial charge in [-0.25, -0.2) is 4.90 Å². The van der Waals surface area contributed by atoms with Crippen molar-refractivity contribution < 1.29 is 4.58 Å². The molecule has 1 fully saturated rings. The molecule has 1 aromatic carbocycles. The van der Waals surface area contributed by atoms with E-state index in [1.165, 1.54) is 35.2 Å². The fraction of sp³-hybridized carbons (Fsp3) is 0.632. The van der Waals surface area contributed by atoms with Crippen molar-refractivity contribution in [3.63, 3.8) is 0 Å². The monoisotopic (exact) mass is 285 g/mol. The molecule has 1 aliphatic heterocycles. The van der Waals surface area contributed by atoms with Crippen LogP contribution in [0.5, 0.6) is 0 Å². The maximum absolute atomic E-state index is 2.55. The topological polar surface area (TPSA) is 6.25 Å². The van der Waals surface area contributed by atoms with Crippen molar-refractivity contribution in [3.05, 3.63) is 28.8 Å². The molecule has 1 aliphatic carbocycles. The van der Waals surface area contributed by atoms with Gasteiger partial charge < -0.3 is 0 Å². The molecule has 2 heteroatoms. The van der Waals surface area contributed by atoms with E-state index in [1.54, 1.807) is 0 Å². The van der Waals surface area contributed by atoms with Gasteiger partial charge in [0.1, 0.15) is 17.3 Å². The zero-order valence-corrected chi connectivity index (χ0v) is 14.6. The van der Waals surface area contributed by atoms with E-state index >= 15 is 0 Å². The van der Waals surface area contributed by atoms with Crippen LogP contribution in [0.15, 0.2) is 12.1 Å². The Bertz CT molecular complexity index is 603. The van der Waals surface area contributed by atoms with Crippen LogP contribution in [0, 0.1) is 26.2 Å². The van der Waals surface area contributed by atoms with Crippen LogP contribution in [-0.2, 0) is 0 Å². The highest BCUT2D eigenvalue weighted by atomic mass is 15.3. The first-order valence-corrected chi connectivity index (χ1v) is 8.12. The lowest BCUT2D eigenvalue weighted by molar-refractivity contribution is -0.596. The Kier molecular flexibility index (Phi) is 3.02. The van der Waals surface area contributed by atoms with E-state index in [4.69, 9.17) is 0 Å². The van der Waals surface area contributed by atoms with Gasteiger partial charge in [-0.15, -0.1) is 0 Å². The van der Waals surface area contributed by atoms with Crippen molar-refractivity contribution >= 4 is 12.0 Å². The normalized spacial score (nSPS) is 30.5. The standard InChI is InChI=1S/C19H29N2/c1-13-10-14(2)17(15(3)11-13)21-12-20(7)19(6)9-8-16(21)18(19,4)5/h10-12,16H,8-9H2,1-7H3/q+1/t16-,19+/m0/s1. The fourth-order valence-corrected chi connectivity index (χ4v) is 4.77. The first-order valence-electron chi connectivity index (χ1n) is 8.12. The molecule has 0 N–H and O–H groups in total. The summed E-state index contributed by atoms with van der Waals surface area (Å²) in [7, 11) is 2.25. The van der Waals surface area contributed by atoms with Gasteiger partial charge >= 0.3 is 0 Å². The van der Waals surface area contributed by atoms with Crippen LogP contribution < -0.4 is 4.90 Å². The second-order valence-corrected chi connectivity index (χ2v) is 7.93. The third kappa shape index (κ3) is 1.81. The van der Waals surface area contributed by atoms with Crippen LogP contribution in [0.4, 0.5) is 5.69 Å². The number of aryl methyl sites for hydroxylation is 3. The quantitative estimate of drug-likeness (QED) is 0.706. The summed E-state index contributed by atoms with van der Waals surface area (Å²) in [4.78, 5) is 2.55. The van der Waals surface area contributed by atoms with E-state index in [9.17, 15) is 0 Å². The highest BCUT2D eigenvalue weighted by molar-refractivity contribution is 5.82. The van der Waals surface area contributed by atoms with Gasteiger partial charge in [0.2, 0.25) is 6.34 Å². The van der Waals surface area contributed by atoms with Crippen molar-refractivity contribution in [2.24, 2.45) is 5.41 Å². The fourth-order valence-electron chi connectivity index (χ4n) is 4.77. The number of hydrogen-bond acceptors (Lipinski definition) is 1. The van der Waals surface area contributed by atoms with Crippen molar-refractivity contribution in [2.45, 2.75) is 66.0 Å². The van der Waals surface area contributed by atoms with Crippen molar-refractivity contribution in [2.75, 3.05) is 11.9 Å². The Hall–Kier alpha value is -1.31. The summed E-state index contributed by atoms with van der Waals surface area (Å²) in [5.74, 6) is 0. The minimum atomic E-state index is 0.278. The second-order valence-electron chi connectivity index (χ2n) is 7.93. The number of nitrogens with zero attached hydrogens (tertiary/aromatic N) is 2. The lowest BCUT2D eigenvalue weighted by atomic mass is 9.72. The molecule has 2 nitrogen and oxygen atoms in total. The van der Waals surface area contributed by atoms with Gasteiger partial charge in [0.25, 0.3) is 0 Å². The van der Waals surface area contributed by atoms with Crippen LogP contribution in [0.3, 0.4) is 0 Å². The smallest absolute Gasteiger partial charge is 0.239 e. The van der Waals surface area contributed by atoms with Crippen LogP contribution in [0.25, 0.3) is 0 Å². The molecule has 0 aromatic heterocycles. The summed E-state index contributed by atoms with van der Waals surface area (Å²) in [5.41, 5.74) is 6.12.